The largest absolute Gasteiger partial charge is 0.309 e. The van der Waals surface area contributed by atoms with E-state index in [1.54, 1.807) is 0 Å². The van der Waals surface area contributed by atoms with Crippen molar-refractivity contribution in [3.63, 3.8) is 0 Å². The van der Waals surface area contributed by atoms with Gasteiger partial charge in [0.15, 0.2) is 0 Å². The average Bonchev–Trinajstić information content (AvgIpc) is 3.67. The van der Waals surface area contributed by atoms with Gasteiger partial charge in [-0.3, -0.25) is 0 Å². The zero-order chi connectivity index (χ0) is 39.9. The number of para-hydroxylation sites is 2. The topological polar surface area (TPSA) is 3.24 Å². The molecule has 0 heterocycles. The molecule has 11 rings (SSSR count). The van der Waals surface area contributed by atoms with Crippen molar-refractivity contribution in [2.75, 3.05) is 4.90 Å². The van der Waals surface area contributed by atoms with Gasteiger partial charge in [0.25, 0.3) is 0 Å². The standard InChI is InChI=1S/C58H45N/c1-57(2)49-25-13-10-22-45(49)48-37-41(32-35-50(48)57)38-29-33-42(34-30-38)59(53-27-14-11-20-43(53)39-17-6-5-7-18-39)54-28-15-12-23-46(54)47-24-16-26-51-56(47)55-44-21-9-8-19-40(44)31-36-52(55)58(51,3)4/h5-37H,1-4H3. The summed E-state index contributed by atoms with van der Waals surface area (Å²) >= 11 is 0. The second-order valence-corrected chi connectivity index (χ2v) is 17.3. The minimum absolute atomic E-state index is 0.0157. The maximum absolute atomic E-state index is 2.48. The predicted octanol–water partition coefficient (Wildman–Crippen LogP) is 15.9. The highest BCUT2D eigenvalue weighted by Crippen LogP contribution is 2.56. The van der Waals surface area contributed by atoms with Crippen molar-refractivity contribution >= 4 is 27.8 Å². The molecular formula is C58H45N. The monoisotopic (exact) mass is 755 g/mol. The van der Waals surface area contributed by atoms with Gasteiger partial charge in [-0.1, -0.05) is 198 Å². The van der Waals surface area contributed by atoms with Gasteiger partial charge in [0, 0.05) is 27.6 Å². The van der Waals surface area contributed by atoms with E-state index < -0.39 is 0 Å². The number of anilines is 3. The molecule has 2 aliphatic carbocycles. The van der Waals surface area contributed by atoms with Gasteiger partial charge in [-0.25, -0.2) is 0 Å². The van der Waals surface area contributed by atoms with Crippen LogP contribution in [-0.4, -0.2) is 0 Å². The van der Waals surface area contributed by atoms with Gasteiger partial charge in [-0.05, 0) is 108 Å². The van der Waals surface area contributed by atoms with Crippen LogP contribution in [0.1, 0.15) is 49.9 Å². The Labute approximate surface area is 347 Å². The lowest BCUT2D eigenvalue weighted by molar-refractivity contribution is 0.660. The summed E-state index contributed by atoms with van der Waals surface area (Å²) in [7, 11) is 0. The second kappa shape index (κ2) is 13.3. The van der Waals surface area contributed by atoms with Crippen LogP contribution in [0.3, 0.4) is 0 Å². The maximum Gasteiger partial charge on any atom is 0.0540 e. The Morgan fingerprint density at radius 3 is 1.66 bits per heavy atom. The zero-order valence-electron chi connectivity index (χ0n) is 34.0. The molecule has 9 aromatic carbocycles. The fourth-order valence-corrected chi connectivity index (χ4v) is 10.3. The zero-order valence-corrected chi connectivity index (χ0v) is 34.0. The fourth-order valence-electron chi connectivity index (χ4n) is 10.3. The van der Waals surface area contributed by atoms with Crippen LogP contribution >= 0.6 is 0 Å². The molecule has 1 heteroatoms. The average molecular weight is 756 g/mol. The van der Waals surface area contributed by atoms with E-state index in [9.17, 15) is 0 Å². The Bertz CT molecular complexity index is 3090. The molecular weight excluding hydrogens is 711 g/mol. The van der Waals surface area contributed by atoms with Gasteiger partial charge in [0.2, 0.25) is 0 Å². The van der Waals surface area contributed by atoms with Gasteiger partial charge >= 0.3 is 0 Å². The smallest absolute Gasteiger partial charge is 0.0540 e. The molecule has 0 fully saturated rings. The summed E-state index contributed by atoms with van der Waals surface area (Å²) in [6.45, 7) is 9.45. The van der Waals surface area contributed by atoms with E-state index in [-0.39, 0.29) is 10.8 Å². The highest BCUT2D eigenvalue weighted by Gasteiger charge is 2.39. The SMILES string of the molecule is CC1(C)c2ccccc2-c2cc(-c3ccc(N(c4ccccc4-c4ccccc4)c4ccccc4-c4cccc5c4-c4c(ccc6ccccc46)C5(C)C)cc3)ccc21. The van der Waals surface area contributed by atoms with Crippen LogP contribution in [0.25, 0.3) is 66.4 Å². The van der Waals surface area contributed by atoms with Crippen LogP contribution in [0, 0.1) is 0 Å². The van der Waals surface area contributed by atoms with Gasteiger partial charge in [0.05, 0.1) is 11.4 Å². The highest BCUT2D eigenvalue weighted by atomic mass is 15.1. The van der Waals surface area contributed by atoms with E-state index in [1.165, 1.54) is 88.7 Å². The molecule has 0 N–H and O–H groups in total. The third-order valence-electron chi connectivity index (χ3n) is 13.3. The summed E-state index contributed by atoms with van der Waals surface area (Å²) in [4.78, 5) is 2.48. The minimum atomic E-state index is -0.134. The summed E-state index contributed by atoms with van der Waals surface area (Å²) < 4.78 is 0. The lowest BCUT2D eigenvalue weighted by Gasteiger charge is -2.30. The van der Waals surface area contributed by atoms with Gasteiger partial charge < -0.3 is 4.90 Å². The van der Waals surface area contributed by atoms with Gasteiger partial charge in [0.1, 0.15) is 0 Å². The second-order valence-electron chi connectivity index (χ2n) is 17.3. The lowest BCUT2D eigenvalue weighted by Crippen LogP contribution is -2.15. The summed E-state index contributed by atoms with van der Waals surface area (Å²) in [5.74, 6) is 0. The molecule has 0 saturated carbocycles. The lowest BCUT2D eigenvalue weighted by atomic mass is 9.81. The van der Waals surface area contributed by atoms with Crippen LogP contribution in [0.4, 0.5) is 17.1 Å². The molecule has 59 heavy (non-hydrogen) atoms. The minimum Gasteiger partial charge on any atom is -0.309 e. The molecule has 9 aromatic rings. The summed E-state index contributed by atoms with van der Waals surface area (Å²) in [6, 6.07) is 74.2. The molecule has 0 aromatic heterocycles. The first kappa shape index (κ1) is 35.2. The number of hydrogen-bond acceptors (Lipinski definition) is 1. The number of benzene rings is 9. The van der Waals surface area contributed by atoms with Gasteiger partial charge in [-0.2, -0.15) is 0 Å². The molecule has 0 bridgehead atoms. The Morgan fingerprint density at radius 1 is 0.322 bits per heavy atom. The normalized spacial score (nSPS) is 14.0. The fraction of sp³-hybridized carbons (Fsp3) is 0.103. The van der Waals surface area contributed by atoms with Crippen molar-refractivity contribution < 1.29 is 0 Å². The van der Waals surface area contributed by atoms with Crippen LogP contribution in [-0.2, 0) is 10.8 Å². The molecule has 0 atom stereocenters. The van der Waals surface area contributed by atoms with Crippen molar-refractivity contribution in [3.8, 4) is 55.6 Å². The van der Waals surface area contributed by atoms with E-state index in [0.29, 0.717) is 0 Å². The number of fused-ring (bicyclic) bond motifs is 8. The summed E-state index contributed by atoms with van der Waals surface area (Å²) in [5, 5.41) is 2.58. The Morgan fingerprint density at radius 2 is 0.864 bits per heavy atom. The highest BCUT2D eigenvalue weighted by molar-refractivity contribution is 6.08. The van der Waals surface area contributed by atoms with Crippen LogP contribution in [0.5, 0.6) is 0 Å². The molecule has 0 spiro atoms. The van der Waals surface area contributed by atoms with E-state index in [1.807, 2.05) is 0 Å². The molecule has 2 aliphatic rings. The molecule has 0 radical (unpaired) electrons. The van der Waals surface area contributed by atoms with E-state index in [0.717, 1.165) is 17.1 Å². The molecule has 0 aliphatic heterocycles. The van der Waals surface area contributed by atoms with Gasteiger partial charge in [-0.15, -0.1) is 0 Å². The molecule has 0 unspecified atom stereocenters. The van der Waals surface area contributed by atoms with Crippen molar-refractivity contribution in [1.82, 2.24) is 0 Å². The predicted molar refractivity (Wildman–Crippen MR) is 250 cm³/mol. The Kier molecular flexibility index (Phi) is 7.94. The summed E-state index contributed by atoms with van der Waals surface area (Å²) in [6.07, 6.45) is 0. The van der Waals surface area contributed by atoms with Crippen molar-refractivity contribution in [1.29, 1.82) is 0 Å². The third kappa shape index (κ3) is 5.38. The number of hydrogen-bond donors (Lipinski definition) is 0. The molecule has 0 amide bonds. The van der Waals surface area contributed by atoms with Crippen molar-refractivity contribution in [2.45, 2.75) is 38.5 Å². The van der Waals surface area contributed by atoms with Crippen molar-refractivity contribution in [2.24, 2.45) is 0 Å². The number of rotatable bonds is 6. The first-order chi connectivity index (χ1) is 28.8. The van der Waals surface area contributed by atoms with Crippen LogP contribution < -0.4 is 4.90 Å². The quantitative estimate of drug-likeness (QED) is 0.163. The molecule has 282 valence electrons. The number of nitrogens with zero attached hydrogens (tertiary/aromatic N) is 1. The van der Waals surface area contributed by atoms with E-state index in [2.05, 4.69) is 233 Å². The summed E-state index contributed by atoms with van der Waals surface area (Å²) in [5.41, 5.74) is 21.4. The third-order valence-corrected chi connectivity index (χ3v) is 13.3. The van der Waals surface area contributed by atoms with Crippen LogP contribution in [0.2, 0.25) is 0 Å². The van der Waals surface area contributed by atoms with Crippen molar-refractivity contribution in [3.05, 3.63) is 222 Å². The molecule has 0 saturated heterocycles. The Balaban J connectivity index is 1.10. The maximum atomic E-state index is 2.48. The van der Waals surface area contributed by atoms with E-state index in [4.69, 9.17) is 0 Å². The first-order valence-electron chi connectivity index (χ1n) is 20.9. The Hall–Kier alpha value is -6.96. The van der Waals surface area contributed by atoms with Crippen LogP contribution in [0.15, 0.2) is 200 Å². The first-order valence-corrected chi connectivity index (χ1v) is 20.9. The van der Waals surface area contributed by atoms with E-state index >= 15 is 0 Å². The molecule has 1 nitrogen and oxygen atoms in total.